The van der Waals surface area contributed by atoms with E-state index in [4.69, 9.17) is 20.9 Å². The summed E-state index contributed by atoms with van der Waals surface area (Å²) in [6.45, 7) is 4.37. The predicted octanol–water partition coefficient (Wildman–Crippen LogP) is -0.115. The number of nitrogens with two attached hydrogens (primary N) is 2. The van der Waals surface area contributed by atoms with Crippen molar-refractivity contribution in [1.82, 2.24) is 0 Å². The Bertz CT molecular complexity index is 538. The summed E-state index contributed by atoms with van der Waals surface area (Å²) < 4.78 is 35.5. The van der Waals surface area contributed by atoms with Gasteiger partial charge in [0.15, 0.2) is 9.84 Å². The minimum absolute atomic E-state index is 0.196. The zero-order valence-electron chi connectivity index (χ0n) is 14.3. The molecule has 4 N–H and O–H groups in total. The van der Waals surface area contributed by atoms with Crippen LogP contribution in [0.3, 0.4) is 0 Å². The summed E-state index contributed by atoms with van der Waals surface area (Å²) in [6.07, 6.45) is 2.16. The molecule has 1 fully saturated rings. The van der Waals surface area contributed by atoms with E-state index in [0.717, 1.165) is 0 Å². The zero-order chi connectivity index (χ0) is 18.4. The number of primary amides is 1. The Balaban J connectivity index is 2.96. The number of amides is 1. The molecule has 8 nitrogen and oxygen atoms in total. The standard InChI is InChI=1S/C15H28N2O6S/c1-3-5-12(6-4-2)24(20,21)10-15(17,13(16)18)14(19)23-11-7-8-22-9-11/h11-12H,3-10,17H2,1-2H3,(H2,16,18)/t11-,15?/m0/s1. The summed E-state index contributed by atoms with van der Waals surface area (Å²) in [4.78, 5) is 24.1. The summed E-state index contributed by atoms with van der Waals surface area (Å²) in [5, 5.41) is -0.655. The number of carbonyl (C=O) groups is 2. The molecule has 9 heteroatoms. The number of esters is 1. The normalized spacial score (nSPS) is 20.8. The average Bonchev–Trinajstić information content (AvgIpc) is 2.99. The van der Waals surface area contributed by atoms with E-state index < -0.39 is 44.4 Å². The zero-order valence-corrected chi connectivity index (χ0v) is 15.1. The monoisotopic (exact) mass is 364 g/mol. The lowest BCUT2D eigenvalue weighted by atomic mass is 10.0. The quantitative estimate of drug-likeness (QED) is 0.407. The van der Waals surface area contributed by atoms with Crippen LogP contribution >= 0.6 is 0 Å². The van der Waals surface area contributed by atoms with Crippen LogP contribution in [0.4, 0.5) is 0 Å². The largest absolute Gasteiger partial charge is 0.458 e. The van der Waals surface area contributed by atoms with Crippen molar-refractivity contribution in [3.8, 4) is 0 Å². The van der Waals surface area contributed by atoms with Gasteiger partial charge in [0.25, 0.3) is 0 Å². The van der Waals surface area contributed by atoms with E-state index in [9.17, 15) is 18.0 Å². The molecule has 0 aromatic rings. The maximum atomic E-state index is 12.7. The van der Waals surface area contributed by atoms with Gasteiger partial charge in [-0.05, 0) is 12.8 Å². The van der Waals surface area contributed by atoms with E-state index in [0.29, 0.717) is 38.7 Å². The van der Waals surface area contributed by atoms with Crippen LogP contribution in [0.15, 0.2) is 0 Å². The van der Waals surface area contributed by atoms with Gasteiger partial charge < -0.3 is 20.9 Å². The van der Waals surface area contributed by atoms with E-state index in [1.165, 1.54) is 0 Å². The first-order valence-electron chi connectivity index (χ1n) is 8.26. The molecule has 0 spiro atoms. The van der Waals surface area contributed by atoms with Gasteiger partial charge in [0.1, 0.15) is 6.10 Å². The number of carbonyl (C=O) groups excluding carboxylic acids is 2. The maximum absolute atomic E-state index is 12.7. The fourth-order valence-corrected chi connectivity index (χ4v) is 5.00. The van der Waals surface area contributed by atoms with Crippen LogP contribution in [-0.2, 0) is 28.9 Å². The topological polar surface area (TPSA) is 139 Å². The van der Waals surface area contributed by atoms with Crippen molar-refractivity contribution in [3.05, 3.63) is 0 Å². The van der Waals surface area contributed by atoms with Crippen LogP contribution in [0.5, 0.6) is 0 Å². The Morgan fingerprint density at radius 1 is 1.29 bits per heavy atom. The maximum Gasteiger partial charge on any atom is 0.337 e. The van der Waals surface area contributed by atoms with Gasteiger partial charge in [0, 0.05) is 6.42 Å². The van der Waals surface area contributed by atoms with Crippen LogP contribution in [0, 0.1) is 0 Å². The van der Waals surface area contributed by atoms with Gasteiger partial charge in [-0.1, -0.05) is 26.7 Å². The fraction of sp³-hybridized carbons (Fsp3) is 0.867. The molecule has 24 heavy (non-hydrogen) atoms. The molecule has 0 aliphatic carbocycles. The molecular formula is C15H28N2O6S. The Labute approximate surface area is 143 Å². The van der Waals surface area contributed by atoms with Crippen LogP contribution in [0.1, 0.15) is 46.0 Å². The van der Waals surface area contributed by atoms with Gasteiger partial charge >= 0.3 is 5.97 Å². The van der Waals surface area contributed by atoms with Crippen molar-refractivity contribution in [3.63, 3.8) is 0 Å². The number of rotatable bonds is 10. The molecule has 0 saturated carbocycles. The number of sulfone groups is 1. The lowest BCUT2D eigenvalue weighted by Gasteiger charge is -2.27. The van der Waals surface area contributed by atoms with Crippen molar-refractivity contribution < 1.29 is 27.5 Å². The van der Waals surface area contributed by atoms with Crippen molar-refractivity contribution in [2.75, 3.05) is 19.0 Å². The van der Waals surface area contributed by atoms with Gasteiger partial charge in [-0.25, -0.2) is 13.2 Å². The SMILES string of the molecule is CCCC(CCC)S(=O)(=O)CC(N)(C(N)=O)C(=O)O[C@H]1CCOC1. The summed E-state index contributed by atoms with van der Waals surface area (Å²) in [5.41, 5.74) is 8.66. The fourth-order valence-electron chi connectivity index (χ4n) is 2.68. The van der Waals surface area contributed by atoms with Gasteiger partial charge in [-0.3, -0.25) is 4.79 Å². The summed E-state index contributed by atoms with van der Waals surface area (Å²) in [5.74, 6) is -3.16. The molecule has 1 heterocycles. The first-order valence-corrected chi connectivity index (χ1v) is 9.98. The third-order valence-corrected chi connectivity index (χ3v) is 6.47. The second kappa shape index (κ2) is 8.77. The van der Waals surface area contributed by atoms with E-state index in [2.05, 4.69) is 0 Å². The van der Waals surface area contributed by atoms with Crippen molar-refractivity contribution in [1.29, 1.82) is 0 Å². The number of hydrogen-bond acceptors (Lipinski definition) is 7. The molecule has 1 rings (SSSR count). The molecule has 1 aliphatic heterocycles. The third kappa shape index (κ3) is 5.15. The van der Waals surface area contributed by atoms with Gasteiger partial charge in [0.05, 0.1) is 24.2 Å². The highest BCUT2D eigenvalue weighted by Gasteiger charge is 2.48. The smallest absolute Gasteiger partial charge is 0.337 e. The third-order valence-electron chi connectivity index (χ3n) is 4.12. The highest BCUT2D eigenvalue weighted by molar-refractivity contribution is 7.92. The first-order chi connectivity index (χ1) is 11.2. The molecule has 1 aliphatic rings. The Morgan fingerprint density at radius 2 is 1.88 bits per heavy atom. The van der Waals surface area contributed by atoms with Gasteiger partial charge in [-0.2, -0.15) is 0 Å². The average molecular weight is 364 g/mol. The Morgan fingerprint density at radius 3 is 2.29 bits per heavy atom. The molecular weight excluding hydrogens is 336 g/mol. The molecule has 2 atom stereocenters. The molecule has 0 bridgehead atoms. The van der Waals surface area contributed by atoms with Crippen LogP contribution < -0.4 is 11.5 Å². The minimum Gasteiger partial charge on any atom is -0.458 e. The summed E-state index contributed by atoms with van der Waals surface area (Å²) in [6, 6.07) is 0. The number of ether oxygens (including phenoxy) is 2. The van der Waals surface area contributed by atoms with Gasteiger partial charge in [-0.15, -0.1) is 0 Å². The van der Waals surface area contributed by atoms with Crippen LogP contribution in [0.2, 0.25) is 0 Å². The molecule has 0 radical (unpaired) electrons. The van der Waals surface area contributed by atoms with E-state index in [-0.39, 0.29) is 6.61 Å². The number of hydrogen-bond donors (Lipinski definition) is 2. The van der Waals surface area contributed by atoms with Crippen LogP contribution in [0.25, 0.3) is 0 Å². The highest BCUT2D eigenvalue weighted by Crippen LogP contribution is 2.21. The summed E-state index contributed by atoms with van der Waals surface area (Å²) in [7, 11) is -3.79. The van der Waals surface area contributed by atoms with Crippen molar-refractivity contribution >= 4 is 21.7 Å². The molecule has 1 amide bonds. The van der Waals surface area contributed by atoms with Crippen molar-refractivity contribution in [2.24, 2.45) is 11.5 Å². The molecule has 140 valence electrons. The second-order valence-corrected chi connectivity index (χ2v) is 8.51. The Hall–Kier alpha value is -1.19. The molecule has 1 unspecified atom stereocenters. The van der Waals surface area contributed by atoms with E-state index in [1.807, 2.05) is 13.8 Å². The highest BCUT2D eigenvalue weighted by atomic mass is 32.2. The molecule has 1 saturated heterocycles. The first kappa shape index (κ1) is 20.9. The summed E-state index contributed by atoms with van der Waals surface area (Å²) >= 11 is 0. The lowest BCUT2D eigenvalue weighted by molar-refractivity contribution is -0.157. The molecule has 0 aromatic carbocycles. The molecule has 0 aromatic heterocycles. The lowest BCUT2D eigenvalue weighted by Crippen LogP contribution is -2.64. The Kier molecular flexibility index (Phi) is 7.62. The van der Waals surface area contributed by atoms with E-state index in [1.54, 1.807) is 0 Å². The van der Waals surface area contributed by atoms with E-state index >= 15 is 0 Å². The van der Waals surface area contributed by atoms with Crippen LogP contribution in [-0.4, -0.2) is 56.2 Å². The minimum atomic E-state index is -3.79. The van der Waals surface area contributed by atoms with Crippen molar-refractivity contribution in [2.45, 2.75) is 62.8 Å². The van der Waals surface area contributed by atoms with Gasteiger partial charge in [0.2, 0.25) is 11.4 Å². The predicted molar refractivity (Wildman–Crippen MR) is 88.8 cm³/mol. The second-order valence-electron chi connectivity index (χ2n) is 6.23.